The first-order chi connectivity index (χ1) is 7.81. The van der Waals surface area contributed by atoms with Crippen LogP contribution in [0.2, 0.25) is 0 Å². The van der Waals surface area contributed by atoms with Gasteiger partial charge in [0.05, 0.1) is 0 Å². The molecule has 3 heteroatoms. The van der Waals surface area contributed by atoms with E-state index in [2.05, 4.69) is 41.5 Å². The Hall–Kier alpha value is -1.32. The lowest BCUT2D eigenvalue weighted by Crippen LogP contribution is -2.17. The second kappa shape index (κ2) is 5.14. The first kappa shape index (κ1) is 11.2. The molecule has 4 N–H and O–H groups in total. The van der Waals surface area contributed by atoms with Gasteiger partial charge in [-0.15, -0.1) is 0 Å². The number of hydrogen-bond donors (Lipinski definition) is 3. The molecule has 16 heavy (non-hydrogen) atoms. The molecule has 0 unspecified atom stereocenters. The van der Waals surface area contributed by atoms with Crippen LogP contribution < -0.4 is 11.1 Å². The van der Waals surface area contributed by atoms with E-state index in [4.69, 9.17) is 5.73 Å². The highest BCUT2D eigenvalue weighted by Gasteiger charge is 2.02. The fourth-order valence-electron chi connectivity index (χ4n) is 1.96. The summed E-state index contributed by atoms with van der Waals surface area (Å²) in [5.41, 5.74) is 9.23. The Labute approximate surface area is 96.0 Å². The van der Waals surface area contributed by atoms with Crippen LogP contribution in [-0.4, -0.2) is 18.1 Å². The van der Waals surface area contributed by atoms with E-state index in [-0.39, 0.29) is 0 Å². The maximum atomic E-state index is 5.46. The molecular formula is C13H19N3. The lowest BCUT2D eigenvalue weighted by atomic mass is 10.1. The number of nitrogens with one attached hydrogen (secondary N) is 2. The summed E-state index contributed by atoms with van der Waals surface area (Å²) in [5.74, 6) is 0. The Morgan fingerprint density at radius 1 is 1.38 bits per heavy atom. The number of aromatic nitrogens is 1. The number of aromatic amines is 1. The molecule has 1 aromatic heterocycles. The SMILES string of the molecule is Cc1cc2c(CNCCCN)cccc2[nH]1. The van der Waals surface area contributed by atoms with Crippen LogP contribution in [0.4, 0.5) is 0 Å². The highest BCUT2D eigenvalue weighted by Crippen LogP contribution is 2.19. The number of rotatable bonds is 5. The van der Waals surface area contributed by atoms with E-state index in [0.29, 0.717) is 0 Å². The summed E-state index contributed by atoms with van der Waals surface area (Å²) in [6.07, 6.45) is 1.03. The maximum Gasteiger partial charge on any atom is 0.0459 e. The van der Waals surface area contributed by atoms with Crippen molar-refractivity contribution < 1.29 is 0 Å². The van der Waals surface area contributed by atoms with Gasteiger partial charge >= 0.3 is 0 Å². The number of fused-ring (bicyclic) bond motifs is 1. The molecule has 0 bridgehead atoms. The van der Waals surface area contributed by atoms with Crippen molar-refractivity contribution in [3.63, 3.8) is 0 Å². The van der Waals surface area contributed by atoms with Crippen molar-refractivity contribution in [1.29, 1.82) is 0 Å². The van der Waals surface area contributed by atoms with Gasteiger partial charge in [0.1, 0.15) is 0 Å². The first-order valence-electron chi connectivity index (χ1n) is 5.79. The lowest BCUT2D eigenvalue weighted by molar-refractivity contribution is 0.657. The number of benzene rings is 1. The van der Waals surface area contributed by atoms with E-state index in [9.17, 15) is 0 Å². The van der Waals surface area contributed by atoms with Gasteiger partial charge < -0.3 is 16.0 Å². The van der Waals surface area contributed by atoms with Crippen LogP contribution in [0.1, 0.15) is 17.7 Å². The third kappa shape index (κ3) is 2.43. The van der Waals surface area contributed by atoms with Gasteiger partial charge in [-0.1, -0.05) is 12.1 Å². The molecule has 0 radical (unpaired) electrons. The summed E-state index contributed by atoms with van der Waals surface area (Å²) in [7, 11) is 0. The van der Waals surface area contributed by atoms with Gasteiger partial charge in [-0.05, 0) is 44.1 Å². The molecule has 1 heterocycles. The molecule has 0 saturated carbocycles. The van der Waals surface area contributed by atoms with Gasteiger partial charge in [-0.25, -0.2) is 0 Å². The summed E-state index contributed by atoms with van der Waals surface area (Å²) in [6.45, 7) is 4.73. The average Bonchev–Trinajstić information content (AvgIpc) is 2.65. The second-order valence-electron chi connectivity index (χ2n) is 4.15. The molecule has 0 spiro atoms. The smallest absolute Gasteiger partial charge is 0.0459 e. The molecule has 0 aliphatic heterocycles. The zero-order valence-corrected chi connectivity index (χ0v) is 9.72. The summed E-state index contributed by atoms with van der Waals surface area (Å²) >= 11 is 0. The predicted octanol–water partition coefficient (Wildman–Crippen LogP) is 1.91. The minimum atomic E-state index is 0.750. The molecule has 3 nitrogen and oxygen atoms in total. The molecule has 0 amide bonds. The highest BCUT2D eigenvalue weighted by molar-refractivity contribution is 5.83. The van der Waals surface area contributed by atoms with Gasteiger partial charge in [0, 0.05) is 23.1 Å². The summed E-state index contributed by atoms with van der Waals surface area (Å²) in [6, 6.07) is 8.59. The quantitative estimate of drug-likeness (QED) is 0.670. The zero-order valence-electron chi connectivity index (χ0n) is 9.72. The van der Waals surface area contributed by atoms with E-state index in [1.54, 1.807) is 0 Å². The van der Waals surface area contributed by atoms with Crippen molar-refractivity contribution in [1.82, 2.24) is 10.3 Å². The molecule has 2 rings (SSSR count). The second-order valence-corrected chi connectivity index (χ2v) is 4.15. The van der Waals surface area contributed by atoms with E-state index in [1.165, 1.54) is 22.2 Å². The van der Waals surface area contributed by atoms with E-state index in [0.717, 1.165) is 26.1 Å². The minimum Gasteiger partial charge on any atom is -0.359 e. The molecule has 1 aromatic carbocycles. The normalized spacial score (nSPS) is 11.1. The fraction of sp³-hybridized carbons (Fsp3) is 0.385. The Balaban J connectivity index is 2.11. The van der Waals surface area contributed by atoms with Crippen molar-refractivity contribution in [3.05, 3.63) is 35.5 Å². The molecular weight excluding hydrogens is 198 g/mol. The Kier molecular flexibility index (Phi) is 3.59. The van der Waals surface area contributed by atoms with Crippen molar-refractivity contribution in [2.24, 2.45) is 5.73 Å². The largest absolute Gasteiger partial charge is 0.359 e. The van der Waals surface area contributed by atoms with Crippen LogP contribution in [0, 0.1) is 6.92 Å². The molecule has 0 aliphatic rings. The Bertz CT molecular complexity index is 459. The monoisotopic (exact) mass is 217 g/mol. The lowest BCUT2D eigenvalue weighted by Gasteiger charge is -2.05. The van der Waals surface area contributed by atoms with Gasteiger partial charge in [0.2, 0.25) is 0 Å². The van der Waals surface area contributed by atoms with E-state index in [1.807, 2.05) is 0 Å². The van der Waals surface area contributed by atoms with Crippen LogP contribution in [-0.2, 0) is 6.54 Å². The number of hydrogen-bond acceptors (Lipinski definition) is 2. The molecule has 0 fully saturated rings. The third-order valence-corrected chi connectivity index (χ3v) is 2.76. The van der Waals surface area contributed by atoms with Crippen LogP contribution in [0.15, 0.2) is 24.3 Å². The summed E-state index contributed by atoms with van der Waals surface area (Å²) in [4.78, 5) is 3.35. The summed E-state index contributed by atoms with van der Waals surface area (Å²) < 4.78 is 0. The molecule has 2 aromatic rings. The number of nitrogens with two attached hydrogens (primary N) is 1. The van der Waals surface area contributed by atoms with E-state index >= 15 is 0 Å². The molecule has 0 aliphatic carbocycles. The van der Waals surface area contributed by atoms with Crippen molar-refractivity contribution >= 4 is 10.9 Å². The highest BCUT2D eigenvalue weighted by atomic mass is 14.8. The molecule has 0 saturated heterocycles. The number of aryl methyl sites for hydroxylation is 1. The van der Waals surface area contributed by atoms with Crippen LogP contribution in [0.3, 0.4) is 0 Å². The van der Waals surface area contributed by atoms with Crippen LogP contribution in [0.5, 0.6) is 0 Å². The average molecular weight is 217 g/mol. The van der Waals surface area contributed by atoms with E-state index < -0.39 is 0 Å². The van der Waals surface area contributed by atoms with Crippen LogP contribution >= 0.6 is 0 Å². The summed E-state index contributed by atoms with van der Waals surface area (Å²) in [5, 5.41) is 4.73. The van der Waals surface area contributed by atoms with Crippen molar-refractivity contribution in [2.75, 3.05) is 13.1 Å². The van der Waals surface area contributed by atoms with Crippen molar-refractivity contribution in [3.8, 4) is 0 Å². The fourth-order valence-corrected chi connectivity index (χ4v) is 1.96. The zero-order chi connectivity index (χ0) is 11.4. The van der Waals surface area contributed by atoms with Gasteiger partial charge in [0.25, 0.3) is 0 Å². The van der Waals surface area contributed by atoms with Gasteiger partial charge in [-0.2, -0.15) is 0 Å². The number of H-pyrrole nitrogens is 1. The standard InChI is InChI=1S/C13H19N3/c1-10-8-12-11(9-15-7-3-6-14)4-2-5-13(12)16-10/h2,4-5,8,15-16H,3,6-7,9,14H2,1H3. The Morgan fingerprint density at radius 2 is 2.25 bits per heavy atom. The first-order valence-corrected chi connectivity index (χ1v) is 5.79. The minimum absolute atomic E-state index is 0.750. The molecule has 0 atom stereocenters. The topological polar surface area (TPSA) is 53.8 Å². The van der Waals surface area contributed by atoms with Crippen LogP contribution in [0.25, 0.3) is 10.9 Å². The maximum absolute atomic E-state index is 5.46. The predicted molar refractivity (Wildman–Crippen MR) is 68.4 cm³/mol. The third-order valence-electron chi connectivity index (χ3n) is 2.76. The molecule has 86 valence electrons. The van der Waals surface area contributed by atoms with Crippen molar-refractivity contribution in [2.45, 2.75) is 19.9 Å². The van der Waals surface area contributed by atoms with Gasteiger partial charge in [-0.3, -0.25) is 0 Å². The Morgan fingerprint density at radius 3 is 3.06 bits per heavy atom. The van der Waals surface area contributed by atoms with Gasteiger partial charge in [0.15, 0.2) is 0 Å².